The molecule has 0 saturated carbocycles. The topological polar surface area (TPSA) is 72.1 Å². The summed E-state index contributed by atoms with van der Waals surface area (Å²) in [7, 11) is 0. The zero-order chi connectivity index (χ0) is 25.7. The molecule has 1 N–H and O–H groups in total. The second kappa shape index (κ2) is 9.37. The van der Waals surface area contributed by atoms with Crippen LogP contribution in [0.15, 0.2) is 33.5 Å². The van der Waals surface area contributed by atoms with E-state index < -0.39 is 23.1 Å². The van der Waals surface area contributed by atoms with Crippen molar-refractivity contribution in [1.29, 1.82) is 0 Å². The zero-order valence-corrected chi connectivity index (χ0v) is 20.4. The van der Waals surface area contributed by atoms with Gasteiger partial charge in [-0.05, 0) is 63.1 Å². The third-order valence-corrected chi connectivity index (χ3v) is 6.46. The molecule has 10 heteroatoms. The van der Waals surface area contributed by atoms with Gasteiger partial charge in [0, 0.05) is 24.7 Å². The predicted molar refractivity (Wildman–Crippen MR) is 125 cm³/mol. The van der Waals surface area contributed by atoms with Crippen molar-refractivity contribution in [3.63, 3.8) is 0 Å². The Morgan fingerprint density at radius 1 is 1.14 bits per heavy atom. The summed E-state index contributed by atoms with van der Waals surface area (Å²) in [6.07, 6.45) is -5.22. The van der Waals surface area contributed by atoms with Gasteiger partial charge in [0.05, 0.1) is 23.2 Å². The minimum absolute atomic E-state index is 0.0249. The number of phenolic OH excluding ortho intramolecular Hbond substituents is 1. The largest absolute Gasteiger partial charge is 0.507 e. The fraction of sp³-hybridized carbons (Fsp3) is 0.400. The number of hydrogen-bond donors (Lipinski definition) is 1. The maximum Gasteiger partial charge on any atom is 0.453 e. The molecule has 188 valence electrons. The standard InChI is InChI=1S/C25H25ClF3NO5/c1-12-7-16(8-13(2)20(12)26)34-23-21(32)17-5-6-19(31)18(22(17)35-24(23)25(27,28)29)11-30-9-14(3)33-15(4)10-30/h5-8,14-15,31H,9-11H2,1-4H3. The third kappa shape index (κ3) is 5.12. The van der Waals surface area contributed by atoms with Crippen LogP contribution < -0.4 is 10.2 Å². The van der Waals surface area contributed by atoms with E-state index in [4.69, 9.17) is 25.5 Å². The Morgan fingerprint density at radius 2 is 1.74 bits per heavy atom. The summed E-state index contributed by atoms with van der Waals surface area (Å²) >= 11 is 6.14. The number of fused-ring (bicyclic) bond motifs is 1. The number of ether oxygens (including phenoxy) is 2. The Bertz CT molecular complexity index is 1300. The molecule has 1 fully saturated rings. The number of morpholine rings is 1. The molecular weight excluding hydrogens is 487 g/mol. The van der Waals surface area contributed by atoms with E-state index in [-0.39, 0.29) is 46.8 Å². The van der Waals surface area contributed by atoms with Crippen molar-refractivity contribution >= 4 is 22.6 Å². The van der Waals surface area contributed by atoms with Gasteiger partial charge in [-0.2, -0.15) is 13.2 Å². The molecule has 2 aromatic carbocycles. The molecule has 1 aromatic heterocycles. The smallest absolute Gasteiger partial charge is 0.453 e. The maximum atomic E-state index is 14.1. The van der Waals surface area contributed by atoms with Crippen molar-refractivity contribution in [2.45, 2.75) is 52.6 Å². The van der Waals surface area contributed by atoms with Gasteiger partial charge in [0.1, 0.15) is 17.1 Å². The van der Waals surface area contributed by atoms with Gasteiger partial charge >= 0.3 is 6.18 Å². The number of aromatic hydroxyl groups is 1. The second-order valence-corrected chi connectivity index (χ2v) is 9.33. The molecule has 2 heterocycles. The van der Waals surface area contributed by atoms with Crippen LogP contribution in [-0.4, -0.2) is 35.3 Å². The highest BCUT2D eigenvalue weighted by molar-refractivity contribution is 6.32. The van der Waals surface area contributed by atoms with Crippen LogP contribution in [0.1, 0.15) is 36.3 Å². The maximum absolute atomic E-state index is 14.1. The van der Waals surface area contributed by atoms with E-state index in [9.17, 15) is 23.1 Å². The Labute approximate surface area is 204 Å². The average Bonchev–Trinajstić information content (AvgIpc) is 2.74. The van der Waals surface area contributed by atoms with Crippen molar-refractivity contribution in [2.24, 2.45) is 0 Å². The van der Waals surface area contributed by atoms with E-state index in [0.29, 0.717) is 29.2 Å². The van der Waals surface area contributed by atoms with E-state index in [1.54, 1.807) is 13.8 Å². The van der Waals surface area contributed by atoms with E-state index in [0.717, 1.165) is 0 Å². The normalized spacial score (nSPS) is 19.3. The number of rotatable bonds is 4. The number of aryl methyl sites for hydroxylation is 2. The van der Waals surface area contributed by atoms with Crippen LogP contribution >= 0.6 is 11.6 Å². The Balaban J connectivity index is 1.86. The third-order valence-electron chi connectivity index (χ3n) is 5.86. The van der Waals surface area contributed by atoms with Crippen LogP contribution in [0.2, 0.25) is 5.02 Å². The Kier molecular flexibility index (Phi) is 6.78. The van der Waals surface area contributed by atoms with E-state index in [2.05, 4.69) is 0 Å². The number of alkyl halides is 3. The molecular formula is C25H25ClF3NO5. The summed E-state index contributed by atoms with van der Waals surface area (Å²) < 4.78 is 58.6. The van der Waals surface area contributed by atoms with Crippen molar-refractivity contribution in [1.82, 2.24) is 4.90 Å². The highest BCUT2D eigenvalue weighted by Gasteiger charge is 2.41. The van der Waals surface area contributed by atoms with Gasteiger partial charge < -0.3 is 19.0 Å². The van der Waals surface area contributed by atoms with Gasteiger partial charge in [0.15, 0.2) is 0 Å². The Morgan fingerprint density at radius 3 is 2.31 bits per heavy atom. The first-order valence-corrected chi connectivity index (χ1v) is 11.4. The lowest BCUT2D eigenvalue weighted by Gasteiger charge is -2.35. The fourth-order valence-electron chi connectivity index (χ4n) is 4.44. The SMILES string of the molecule is Cc1cc(Oc2c(C(F)(F)F)oc3c(CN4CC(C)OC(C)C4)c(O)ccc3c2=O)cc(C)c1Cl. The van der Waals surface area contributed by atoms with Crippen molar-refractivity contribution in [3.05, 3.63) is 62.0 Å². The van der Waals surface area contributed by atoms with Gasteiger partial charge in [0.2, 0.25) is 11.2 Å². The van der Waals surface area contributed by atoms with Crippen LogP contribution in [0.5, 0.6) is 17.2 Å². The summed E-state index contributed by atoms with van der Waals surface area (Å²) in [5.41, 5.74) is -0.0574. The van der Waals surface area contributed by atoms with Crippen molar-refractivity contribution < 1.29 is 32.2 Å². The molecule has 0 bridgehead atoms. The quantitative estimate of drug-likeness (QED) is 0.450. The summed E-state index contributed by atoms with van der Waals surface area (Å²) in [6, 6.07) is 5.40. The summed E-state index contributed by atoms with van der Waals surface area (Å²) in [4.78, 5) is 15.2. The number of halogens is 4. The van der Waals surface area contributed by atoms with Crippen LogP contribution in [0.3, 0.4) is 0 Å². The first-order chi connectivity index (χ1) is 16.3. The predicted octanol–water partition coefficient (Wildman–Crippen LogP) is 6.19. The minimum Gasteiger partial charge on any atom is -0.507 e. The van der Waals surface area contributed by atoms with Crippen LogP contribution in [0.25, 0.3) is 11.0 Å². The molecule has 0 aliphatic carbocycles. The molecule has 35 heavy (non-hydrogen) atoms. The monoisotopic (exact) mass is 511 g/mol. The lowest BCUT2D eigenvalue weighted by molar-refractivity contribution is -0.154. The second-order valence-electron chi connectivity index (χ2n) is 8.95. The minimum atomic E-state index is -5.02. The molecule has 2 atom stereocenters. The van der Waals surface area contributed by atoms with Crippen molar-refractivity contribution in [3.8, 4) is 17.2 Å². The van der Waals surface area contributed by atoms with Gasteiger partial charge in [-0.25, -0.2) is 0 Å². The lowest BCUT2D eigenvalue weighted by atomic mass is 10.1. The van der Waals surface area contributed by atoms with Gasteiger partial charge in [-0.15, -0.1) is 0 Å². The van der Waals surface area contributed by atoms with Gasteiger partial charge in [-0.1, -0.05) is 11.6 Å². The first-order valence-electron chi connectivity index (χ1n) is 11.1. The van der Waals surface area contributed by atoms with E-state index >= 15 is 0 Å². The van der Waals surface area contributed by atoms with E-state index in [1.807, 2.05) is 18.7 Å². The number of phenols is 1. The number of nitrogens with zero attached hydrogens (tertiary/aromatic N) is 1. The molecule has 0 amide bonds. The van der Waals surface area contributed by atoms with Gasteiger partial charge in [-0.3, -0.25) is 9.69 Å². The van der Waals surface area contributed by atoms with Crippen LogP contribution in [-0.2, 0) is 17.5 Å². The fourth-order valence-corrected chi connectivity index (χ4v) is 4.55. The first kappa shape index (κ1) is 25.3. The van der Waals surface area contributed by atoms with E-state index in [1.165, 1.54) is 24.3 Å². The molecule has 6 nitrogen and oxygen atoms in total. The van der Waals surface area contributed by atoms with Gasteiger partial charge in [0.25, 0.3) is 5.76 Å². The lowest BCUT2D eigenvalue weighted by Crippen LogP contribution is -2.44. The summed E-state index contributed by atoms with van der Waals surface area (Å²) in [6.45, 7) is 8.22. The Hall–Kier alpha value is -2.75. The number of hydrogen-bond acceptors (Lipinski definition) is 6. The molecule has 1 aliphatic rings. The molecule has 1 saturated heterocycles. The molecule has 3 aromatic rings. The molecule has 2 unspecified atom stereocenters. The zero-order valence-electron chi connectivity index (χ0n) is 19.6. The molecule has 0 spiro atoms. The highest BCUT2D eigenvalue weighted by Crippen LogP contribution is 2.40. The van der Waals surface area contributed by atoms with Crippen molar-refractivity contribution in [2.75, 3.05) is 13.1 Å². The average molecular weight is 512 g/mol. The molecule has 1 aliphatic heterocycles. The molecule has 4 rings (SSSR count). The van der Waals surface area contributed by atoms with Crippen LogP contribution in [0, 0.1) is 13.8 Å². The highest BCUT2D eigenvalue weighted by atomic mass is 35.5. The van der Waals surface area contributed by atoms with Crippen LogP contribution in [0.4, 0.5) is 13.2 Å². The number of benzene rings is 2. The molecule has 0 radical (unpaired) electrons. The summed E-state index contributed by atoms with van der Waals surface area (Å²) in [5.74, 6) is -2.79. The summed E-state index contributed by atoms with van der Waals surface area (Å²) in [5, 5.41) is 10.8.